The lowest BCUT2D eigenvalue weighted by atomic mass is 10.4. The minimum absolute atomic E-state index is 0.943. The Kier molecular flexibility index (Phi) is 1.43. The maximum atomic E-state index is 2.95. The summed E-state index contributed by atoms with van der Waals surface area (Å²) in [6.45, 7) is 2.08. The third-order valence-electron chi connectivity index (χ3n) is 0.776. The van der Waals surface area contributed by atoms with Crippen molar-refractivity contribution in [2.45, 2.75) is 13.3 Å². The molecule has 0 aromatic carbocycles. The fourth-order valence-corrected chi connectivity index (χ4v) is 0.878. The molecular formula is C6H6S. The van der Waals surface area contributed by atoms with Crippen molar-refractivity contribution in [3.8, 4) is 11.2 Å². The molecule has 1 aliphatic rings. The Balaban J connectivity index is 2.58. The van der Waals surface area contributed by atoms with Crippen LogP contribution in [0.4, 0.5) is 0 Å². The van der Waals surface area contributed by atoms with Crippen LogP contribution in [0.5, 0.6) is 0 Å². The standard InChI is InChI=1S/C6H6S/c1-6-4-2-3-5-7-6/h4H,2H2,1H3. The van der Waals surface area contributed by atoms with E-state index < -0.39 is 0 Å². The lowest BCUT2D eigenvalue weighted by Crippen LogP contribution is -1.70. The lowest BCUT2D eigenvalue weighted by Gasteiger charge is -1.92. The Morgan fingerprint density at radius 1 is 1.86 bits per heavy atom. The molecule has 1 rings (SSSR count). The molecule has 0 aliphatic carbocycles. The van der Waals surface area contributed by atoms with E-state index in [1.165, 1.54) is 4.91 Å². The Morgan fingerprint density at radius 3 is 3.00 bits per heavy atom. The van der Waals surface area contributed by atoms with Gasteiger partial charge in [0.15, 0.2) is 0 Å². The lowest BCUT2D eigenvalue weighted by molar-refractivity contribution is 1.42. The molecule has 0 bridgehead atoms. The van der Waals surface area contributed by atoms with Gasteiger partial charge in [-0.05, 0) is 28.8 Å². The summed E-state index contributed by atoms with van der Waals surface area (Å²) in [6, 6.07) is 0. The molecule has 0 amide bonds. The molecule has 1 aliphatic heterocycles. The van der Waals surface area contributed by atoms with E-state index in [-0.39, 0.29) is 0 Å². The van der Waals surface area contributed by atoms with Crippen LogP contribution >= 0.6 is 11.8 Å². The van der Waals surface area contributed by atoms with Gasteiger partial charge in [0, 0.05) is 6.42 Å². The highest BCUT2D eigenvalue weighted by Crippen LogP contribution is 2.15. The van der Waals surface area contributed by atoms with Crippen LogP contribution in [0.15, 0.2) is 11.0 Å². The average molecular weight is 110 g/mol. The van der Waals surface area contributed by atoms with E-state index in [2.05, 4.69) is 24.2 Å². The summed E-state index contributed by atoms with van der Waals surface area (Å²) < 4.78 is 0. The van der Waals surface area contributed by atoms with E-state index in [0.29, 0.717) is 0 Å². The molecule has 0 aromatic heterocycles. The highest BCUT2D eigenvalue weighted by Gasteiger charge is 1.87. The smallest absolute Gasteiger partial charge is 0.0289 e. The van der Waals surface area contributed by atoms with Gasteiger partial charge in [-0.15, -0.1) is 0 Å². The number of allylic oxidation sites excluding steroid dienone is 2. The number of hydrogen-bond acceptors (Lipinski definition) is 1. The van der Waals surface area contributed by atoms with Crippen LogP contribution in [-0.2, 0) is 0 Å². The Bertz CT molecular complexity index is 145. The summed E-state index contributed by atoms with van der Waals surface area (Å²) in [4.78, 5) is 1.33. The van der Waals surface area contributed by atoms with Gasteiger partial charge in [0.1, 0.15) is 0 Å². The predicted molar refractivity (Wildman–Crippen MR) is 33.7 cm³/mol. The molecule has 0 fully saturated rings. The van der Waals surface area contributed by atoms with Crippen molar-refractivity contribution < 1.29 is 0 Å². The minimum Gasteiger partial charge on any atom is -0.0867 e. The largest absolute Gasteiger partial charge is 0.0867 e. The molecule has 0 saturated heterocycles. The molecule has 0 unspecified atom stereocenters. The summed E-state index contributed by atoms with van der Waals surface area (Å²) >= 11 is 1.62. The zero-order valence-electron chi connectivity index (χ0n) is 4.19. The van der Waals surface area contributed by atoms with Gasteiger partial charge in [0.05, 0.1) is 0 Å². The van der Waals surface area contributed by atoms with E-state index in [4.69, 9.17) is 0 Å². The SMILES string of the molecule is CC1=CCC#CS1. The summed E-state index contributed by atoms with van der Waals surface area (Å²) in [7, 11) is 0. The minimum atomic E-state index is 0.943. The normalized spacial score (nSPS) is 17.0. The van der Waals surface area contributed by atoms with Crippen molar-refractivity contribution in [3.05, 3.63) is 11.0 Å². The summed E-state index contributed by atoms with van der Waals surface area (Å²) in [5, 5.41) is 2.93. The van der Waals surface area contributed by atoms with Crippen LogP contribution in [0.25, 0.3) is 0 Å². The first-order valence-corrected chi connectivity index (χ1v) is 3.03. The van der Waals surface area contributed by atoms with Crippen LogP contribution < -0.4 is 0 Å². The number of hydrogen-bond donors (Lipinski definition) is 0. The van der Waals surface area contributed by atoms with Crippen molar-refractivity contribution in [2.24, 2.45) is 0 Å². The fraction of sp³-hybridized carbons (Fsp3) is 0.333. The van der Waals surface area contributed by atoms with Gasteiger partial charge in [-0.1, -0.05) is 12.0 Å². The Morgan fingerprint density at radius 2 is 2.71 bits per heavy atom. The zero-order chi connectivity index (χ0) is 5.11. The molecule has 0 atom stereocenters. The van der Waals surface area contributed by atoms with Crippen LogP contribution in [0.1, 0.15) is 13.3 Å². The van der Waals surface area contributed by atoms with Crippen LogP contribution in [-0.4, -0.2) is 0 Å². The van der Waals surface area contributed by atoms with Crippen molar-refractivity contribution in [1.29, 1.82) is 0 Å². The summed E-state index contributed by atoms with van der Waals surface area (Å²) in [5.74, 6) is 2.95. The molecule has 1 heteroatoms. The summed E-state index contributed by atoms with van der Waals surface area (Å²) in [6.07, 6.45) is 3.08. The van der Waals surface area contributed by atoms with Crippen LogP contribution in [0.2, 0.25) is 0 Å². The molecule has 1 heterocycles. The molecule has 0 N–H and O–H groups in total. The van der Waals surface area contributed by atoms with E-state index in [1.54, 1.807) is 11.8 Å². The van der Waals surface area contributed by atoms with Gasteiger partial charge in [-0.3, -0.25) is 0 Å². The second-order valence-electron chi connectivity index (χ2n) is 1.40. The highest BCUT2D eigenvalue weighted by molar-refractivity contribution is 8.07. The monoisotopic (exact) mass is 110 g/mol. The third-order valence-corrected chi connectivity index (χ3v) is 1.51. The first kappa shape index (κ1) is 4.80. The number of thioether (sulfide) groups is 1. The van der Waals surface area contributed by atoms with E-state index >= 15 is 0 Å². The topological polar surface area (TPSA) is 0 Å². The number of rotatable bonds is 0. The molecule has 0 spiro atoms. The molecular weight excluding hydrogens is 104 g/mol. The van der Waals surface area contributed by atoms with Gasteiger partial charge >= 0.3 is 0 Å². The third kappa shape index (κ3) is 1.29. The van der Waals surface area contributed by atoms with Gasteiger partial charge < -0.3 is 0 Å². The Labute approximate surface area is 48.0 Å². The maximum absolute atomic E-state index is 2.95. The van der Waals surface area contributed by atoms with Crippen molar-refractivity contribution in [2.75, 3.05) is 0 Å². The van der Waals surface area contributed by atoms with Crippen molar-refractivity contribution in [1.82, 2.24) is 0 Å². The molecule has 0 nitrogen and oxygen atoms in total. The second-order valence-corrected chi connectivity index (χ2v) is 2.45. The zero-order valence-corrected chi connectivity index (χ0v) is 5.01. The highest BCUT2D eigenvalue weighted by atomic mass is 32.2. The fourth-order valence-electron chi connectivity index (χ4n) is 0.395. The quantitative estimate of drug-likeness (QED) is 0.430. The second kappa shape index (κ2) is 2.09. The van der Waals surface area contributed by atoms with Crippen LogP contribution in [0.3, 0.4) is 0 Å². The van der Waals surface area contributed by atoms with E-state index in [1.807, 2.05) is 0 Å². The molecule has 0 saturated carbocycles. The molecule has 7 heavy (non-hydrogen) atoms. The molecule has 0 aromatic rings. The molecule has 36 valence electrons. The average Bonchev–Trinajstić information content (AvgIpc) is 1.69. The van der Waals surface area contributed by atoms with Gasteiger partial charge in [-0.25, -0.2) is 0 Å². The van der Waals surface area contributed by atoms with Gasteiger partial charge in [-0.2, -0.15) is 0 Å². The predicted octanol–water partition coefficient (Wildman–Crippen LogP) is 1.99. The van der Waals surface area contributed by atoms with Gasteiger partial charge in [0.2, 0.25) is 0 Å². The maximum Gasteiger partial charge on any atom is 0.0289 e. The van der Waals surface area contributed by atoms with Crippen LogP contribution in [0, 0.1) is 11.2 Å². The van der Waals surface area contributed by atoms with Gasteiger partial charge in [0.25, 0.3) is 0 Å². The molecule has 0 radical (unpaired) electrons. The van der Waals surface area contributed by atoms with E-state index in [9.17, 15) is 0 Å². The first-order valence-electron chi connectivity index (χ1n) is 2.21. The van der Waals surface area contributed by atoms with Crippen molar-refractivity contribution >= 4 is 11.8 Å². The van der Waals surface area contributed by atoms with E-state index in [0.717, 1.165) is 6.42 Å². The Hall–Kier alpha value is -0.350. The first-order chi connectivity index (χ1) is 3.39. The summed E-state index contributed by atoms with van der Waals surface area (Å²) in [5.41, 5.74) is 0. The van der Waals surface area contributed by atoms with Crippen molar-refractivity contribution in [3.63, 3.8) is 0 Å².